The van der Waals surface area contributed by atoms with E-state index < -0.39 is 11.9 Å². The third-order valence-corrected chi connectivity index (χ3v) is 2.11. The number of amides is 1. The molecular weight excluding hydrogens is 222 g/mol. The van der Waals surface area contributed by atoms with Crippen LogP contribution in [0.15, 0.2) is 24.3 Å². The van der Waals surface area contributed by atoms with E-state index in [-0.39, 0.29) is 17.7 Å². The lowest BCUT2D eigenvalue weighted by atomic mass is 10.1. The van der Waals surface area contributed by atoms with E-state index in [1.165, 1.54) is 19.3 Å². The minimum atomic E-state index is -1.08. The molecule has 0 aromatic heterocycles. The zero-order valence-corrected chi connectivity index (χ0v) is 9.34. The summed E-state index contributed by atoms with van der Waals surface area (Å²) in [5.41, 5.74) is 5.52. The van der Waals surface area contributed by atoms with E-state index >= 15 is 0 Å². The lowest BCUT2D eigenvalue weighted by Crippen LogP contribution is -2.08. The number of methoxy groups -OCH3 is 1. The molecule has 3 N–H and O–H groups in total. The Morgan fingerprint density at radius 3 is 2.71 bits per heavy atom. The van der Waals surface area contributed by atoms with Gasteiger partial charge in [0.25, 0.3) is 0 Å². The molecule has 0 heterocycles. The van der Waals surface area contributed by atoms with Gasteiger partial charge in [-0.25, -0.2) is 4.79 Å². The predicted octanol–water partition coefficient (Wildman–Crippen LogP) is 1.28. The summed E-state index contributed by atoms with van der Waals surface area (Å²) in [6, 6.07) is 4.87. The third kappa shape index (κ3) is 3.34. The first-order valence-electron chi connectivity index (χ1n) is 4.91. The van der Waals surface area contributed by atoms with Crippen molar-refractivity contribution in [2.24, 2.45) is 5.73 Å². The van der Waals surface area contributed by atoms with Gasteiger partial charge in [0.15, 0.2) is 0 Å². The maximum Gasteiger partial charge on any atom is 0.340 e. The van der Waals surface area contributed by atoms with Crippen molar-refractivity contribution in [3.8, 4) is 5.75 Å². The number of hydrogen-bond acceptors (Lipinski definition) is 3. The fraction of sp³-hybridized carbons (Fsp3) is 0.167. The minimum Gasteiger partial charge on any atom is -0.496 e. The van der Waals surface area contributed by atoms with Crippen LogP contribution in [0.4, 0.5) is 0 Å². The fourth-order valence-electron chi connectivity index (χ4n) is 1.39. The maximum atomic E-state index is 11.1. The molecule has 17 heavy (non-hydrogen) atoms. The summed E-state index contributed by atoms with van der Waals surface area (Å²) in [5, 5.41) is 9.08. The summed E-state index contributed by atoms with van der Waals surface area (Å²) < 4.78 is 4.97. The lowest BCUT2D eigenvalue weighted by Gasteiger charge is -2.07. The average molecular weight is 235 g/mol. The predicted molar refractivity (Wildman–Crippen MR) is 62.8 cm³/mol. The molecule has 1 rings (SSSR count). The Kier molecular flexibility index (Phi) is 4.28. The van der Waals surface area contributed by atoms with Crippen molar-refractivity contribution in [1.29, 1.82) is 0 Å². The molecule has 0 saturated carbocycles. The zero-order chi connectivity index (χ0) is 12.8. The van der Waals surface area contributed by atoms with Gasteiger partial charge in [0.2, 0.25) is 5.91 Å². The highest BCUT2D eigenvalue weighted by molar-refractivity contribution is 5.95. The van der Waals surface area contributed by atoms with Gasteiger partial charge in [0.1, 0.15) is 11.3 Å². The van der Waals surface area contributed by atoms with Crippen LogP contribution < -0.4 is 10.5 Å². The summed E-state index contributed by atoms with van der Waals surface area (Å²) in [5.74, 6) is -1.28. The van der Waals surface area contributed by atoms with Gasteiger partial charge in [-0.15, -0.1) is 0 Å². The molecule has 1 amide bonds. The Labute approximate surface area is 98.5 Å². The standard InChI is InChI=1S/C12H13NO4/c1-17-9-6-2-4-8(11(9)12(15)16)5-3-7-10(13)14/h2-6H,7H2,1H3,(H2,13,14)(H,15,16). The van der Waals surface area contributed by atoms with E-state index in [9.17, 15) is 9.59 Å². The number of carbonyl (C=O) groups excluding carboxylic acids is 1. The number of nitrogens with two attached hydrogens (primary N) is 1. The van der Waals surface area contributed by atoms with Crippen molar-refractivity contribution < 1.29 is 19.4 Å². The van der Waals surface area contributed by atoms with Crippen molar-refractivity contribution in [2.75, 3.05) is 7.11 Å². The summed E-state index contributed by atoms with van der Waals surface area (Å²) in [6.45, 7) is 0. The minimum absolute atomic E-state index is 0.0655. The molecule has 0 saturated heterocycles. The Balaban J connectivity index is 3.10. The van der Waals surface area contributed by atoms with E-state index in [4.69, 9.17) is 15.6 Å². The van der Waals surface area contributed by atoms with Crippen LogP contribution in [0.5, 0.6) is 5.75 Å². The summed E-state index contributed by atoms with van der Waals surface area (Å²) in [6.07, 6.45) is 3.12. The normalized spacial score (nSPS) is 10.4. The Morgan fingerprint density at radius 2 is 2.18 bits per heavy atom. The Hall–Kier alpha value is -2.30. The van der Waals surface area contributed by atoms with Crippen LogP contribution in [0, 0.1) is 0 Å². The first-order valence-corrected chi connectivity index (χ1v) is 4.91. The Bertz CT molecular complexity index is 466. The highest BCUT2D eigenvalue weighted by Gasteiger charge is 2.14. The number of benzene rings is 1. The van der Waals surface area contributed by atoms with Crippen molar-refractivity contribution in [1.82, 2.24) is 0 Å². The van der Waals surface area contributed by atoms with E-state index in [1.807, 2.05) is 0 Å². The number of ether oxygens (including phenoxy) is 1. The molecule has 90 valence electrons. The van der Waals surface area contributed by atoms with E-state index in [0.717, 1.165) is 0 Å². The van der Waals surface area contributed by atoms with Crippen LogP contribution >= 0.6 is 0 Å². The third-order valence-electron chi connectivity index (χ3n) is 2.11. The molecule has 0 atom stereocenters. The van der Waals surface area contributed by atoms with Crippen LogP contribution in [-0.2, 0) is 4.79 Å². The number of carboxylic acid groups (broad SMARTS) is 1. The molecule has 1 aromatic carbocycles. The molecule has 0 unspecified atom stereocenters. The molecule has 0 aliphatic carbocycles. The maximum absolute atomic E-state index is 11.1. The number of carboxylic acids is 1. The summed E-state index contributed by atoms with van der Waals surface area (Å²) >= 11 is 0. The molecule has 0 spiro atoms. The molecule has 0 aliphatic rings. The molecular formula is C12H13NO4. The number of primary amides is 1. The van der Waals surface area contributed by atoms with Gasteiger partial charge >= 0.3 is 5.97 Å². The highest BCUT2D eigenvalue weighted by atomic mass is 16.5. The van der Waals surface area contributed by atoms with E-state index in [2.05, 4.69) is 0 Å². The molecule has 5 nitrogen and oxygen atoms in total. The van der Waals surface area contributed by atoms with E-state index in [1.54, 1.807) is 18.2 Å². The van der Waals surface area contributed by atoms with Crippen LogP contribution in [0.1, 0.15) is 22.3 Å². The largest absolute Gasteiger partial charge is 0.496 e. The number of rotatable bonds is 5. The van der Waals surface area contributed by atoms with Crippen molar-refractivity contribution in [2.45, 2.75) is 6.42 Å². The zero-order valence-electron chi connectivity index (χ0n) is 9.34. The van der Waals surface area contributed by atoms with Crippen LogP contribution in [0.2, 0.25) is 0 Å². The van der Waals surface area contributed by atoms with Crippen molar-refractivity contribution in [3.05, 3.63) is 35.4 Å². The van der Waals surface area contributed by atoms with Crippen molar-refractivity contribution in [3.63, 3.8) is 0 Å². The fourth-order valence-corrected chi connectivity index (χ4v) is 1.39. The Morgan fingerprint density at radius 1 is 1.47 bits per heavy atom. The van der Waals surface area contributed by atoms with Gasteiger partial charge in [0, 0.05) is 6.42 Å². The lowest BCUT2D eigenvalue weighted by molar-refractivity contribution is -0.117. The first kappa shape index (κ1) is 12.8. The van der Waals surface area contributed by atoms with Crippen LogP contribution in [0.25, 0.3) is 6.08 Å². The SMILES string of the molecule is COc1cccc(C=CCC(N)=O)c1C(=O)O. The quantitative estimate of drug-likeness (QED) is 0.804. The van der Waals surface area contributed by atoms with Crippen LogP contribution in [-0.4, -0.2) is 24.1 Å². The second-order valence-electron chi connectivity index (χ2n) is 3.30. The molecule has 0 radical (unpaired) electrons. The second kappa shape index (κ2) is 5.69. The molecule has 0 bridgehead atoms. The number of hydrogen-bond donors (Lipinski definition) is 2. The molecule has 0 fully saturated rings. The summed E-state index contributed by atoms with van der Waals surface area (Å²) in [4.78, 5) is 21.7. The van der Waals surface area contributed by atoms with Crippen LogP contribution in [0.3, 0.4) is 0 Å². The number of aromatic carboxylic acids is 1. The van der Waals surface area contributed by atoms with Gasteiger partial charge in [-0.2, -0.15) is 0 Å². The van der Waals surface area contributed by atoms with Gasteiger partial charge in [0.05, 0.1) is 7.11 Å². The smallest absolute Gasteiger partial charge is 0.340 e. The second-order valence-corrected chi connectivity index (χ2v) is 3.30. The van der Waals surface area contributed by atoms with Gasteiger partial charge < -0.3 is 15.6 Å². The highest BCUT2D eigenvalue weighted by Crippen LogP contribution is 2.23. The van der Waals surface area contributed by atoms with Crippen molar-refractivity contribution >= 4 is 18.0 Å². The van der Waals surface area contributed by atoms with Gasteiger partial charge in [-0.05, 0) is 11.6 Å². The molecule has 1 aromatic rings. The monoisotopic (exact) mass is 235 g/mol. The van der Waals surface area contributed by atoms with Gasteiger partial charge in [-0.3, -0.25) is 4.79 Å². The molecule has 0 aliphatic heterocycles. The first-order chi connectivity index (χ1) is 8.06. The topological polar surface area (TPSA) is 89.6 Å². The van der Waals surface area contributed by atoms with Gasteiger partial charge in [-0.1, -0.05) is 24.3 Å². The molecule has 5 heteroatoms. The average Bonchev–Trinajstić information content (AvgIpc) is 2.27. The van der Waals surface area contributed by atoms with E-state index in [0.29, 0.717) is 5.56 Å². The number of carbonyl (C=O) groups is 2. The summed E-state index contributed by atoms with van der Waals surface area (Å²) in [7, 11) is 1.40.